The predicted octanol–water partition coefficient (Wildman–Crippen LogP) is 3.25. The molecule has 0 aliphatic carbocycles. The fourth-order valence-corrected chi connectivity index (χ4v) is 2.71. The molecule has 24 heavy (non-hydrogen) atoms. The zero-order valence-electron chi connectivity index (χ0n) is 13.1. The third-order valence-corrected chi connectivity index (χ3v) is 4.01. The standard InChI is InChI=1S/C18H16ClN3O2/c1-2-12-5-3-4-6-15(12)21-17(23)10-22-11-20-16-8-7-13(19)9-14(16)18(22)24/h3-9,11H,2,10H2,1H3,(H,21,23). The number of halogens is 1. The molecular weight excluding hydrogens is 326 g/mol. The first-order valence-corrected chi connectivity index (χ1v) is 7.98. The van der Waals surface area contributed by atoms with Crippen molar-refractivity contribution < 1.29 is 4.79 Å². The number of hydrogen-bond donors (Lipinski definition) is 1. The summed E-state index contributed by atoms with van der Waals surface area (Å²) < 4.78 is 1.28. The van der Waals surface area contributed by atoms with Crippen LogP contribution in [-0.4, -0.2) is 15.5 Å². The van der Waals surface area contributed by atoms with E-state index in [9.17, 15) is 9.59 Å². The smallest absolute Gasteiger partial charge is 0.261 e. The van der Waals surface area contributed by atoms with E-state index in [0.29, 0.717) is 15.9 Å². The second-order valence-corrected chi connectivity index (χ2v) is 5.83. The molecule has 0 atom stereocenters. The van der Waals surface area contributed by atoms with E-state index in [1.165, 1.54) is 10.9 Å². The fraction of sp³-hybridized carbons (Fsp3) is 0.167. The topological polar surface area (TPSA) is 64.0 Å². The van der Waals surface area contributed by atoms with Gasteiger partial charge < -0.3 is 5.32 Å². The second-order valence-electron chi connectivity index (χ2n) is 5.40. The molecule has 3 aromatic rings. The highest BCUT2D eigenvalue weighted by molar-refractivity contribution is 6.31. The number of carbonyl (C=O) groups excluding carboxylic acids is 1. The van der Waals surface area contributed by atoms with Gasteiger partial charge in [-0.3, -0.25) is 14.2 Å². The molecule has 1 aromatic heterocycles. The van der Waals surface area contributed by atoms with Crippen molar-refractivity contribution in [3.8, 4) is 0 Å². The second kappa shape index (κ2) is 6.84. The van der Waals surface area contributed by atoms with Gasteiger partial charge in [-0.25, -0.2) is 4.98 Å². The van der Waals surface area contributed by atoms with Crippen LogP contribution >= 0.6 is 11.6 Å². The lowest BCUT2D eigenvalue weighted by atomic mass is 10.1. The highest BCUT2D eigenvalue weighted by Crippen LogP contribution is 2.16. The number of amides is 1. The number of carbonyl (C=O) groups is 1. The maximum atomic E-state index is 12.5. The largest absolute Gasteiger partial charge is 0.324 e. The van der Waals surface area contributed by atoms with E-state index in [-0.39, 0.29) is 18.0 Å². The van der Waals surface area contributed by atoms with Crippen LogP contribution in [0.1, 0.15) is 12.5 Å². The van der Waals surface area contributed by atoms with Gasteiger partial charge in [-0.1, -0.05) is 36.7 Å². The molecule has 0 fully saturated rings. The molecule has 122 valence electrons. The van der Waals surface area contributed by atoms with Crippen molar-refractivity contribution in [2.75, 3.05) is 5.32 Å². The third-order valence-electron chi connectivity index (χ3n) is 3.77. The first kappa shape index (κ1) is 16.2. The Kier molecular flexibility index (Phi) is 4.62. The van der Waals surface area contributed by atoms with Crippen molar-refractivity contribution in [2.45, 2.75) is 19.9 Å². The van der Waals surface area contributed by atoms with Gasteiger partial charge in [0.15, 0.2) is 0 Å². The summed E-state index contributed by atoms with van der Waals surface area (Å²) in [6, 6.07) is 12.5. The van der Waals surface area contributed by atoms with Gasteiger partial charge in [0.25, 0.3) is 5.56 Å². The number of benzene rings is 2. The van der Waals surface area contributed by atoms with Crippen molar-refractivity contribution in [1.82, 2.24) is 9.55 Å². The molecule has 1 amide bonds. The number of para-hydroxylation sites is 1. The molecule has 1 heterocycles. The van der Waals surface area contributed by atoms with Gasteiger partial charge in [-0.2, -0.15) is 0 Å². The monoisotopic (exact) mass is 341 g/mol. The highest BCUT2D eigenvalue weighted by Gasteiger charge is 2.10. The normalized spacial score (nSPS) is 10.8. The molecule has 0 spiro atoms. The number of aryl methyl sites for hydroxylation is 1. The summed E-state index contributed by atoms with van der Waals surface area (Å²) in [5, 5.41) is 3.70. The van der Waals surface area contributed by atoms with Gasteiger partial charge in [0.2, 0.25) is 5.91 Å². The van der Waals surface area contributed by atoms with Gasteiger partial charge in [0, 0.05) is 10.7 Å². The first-order valence-electron chi connectivity index (χ1n) is 7.61. The van der Waals surface area contributed by atoms with Crippen molar-refractivity contribution in [1.29, 1.82) is 0 Å². The molecule has 0 aliphatic heterocycles. The molecule has 6 heteroatoms. The number of nitrogens with zero attached hydrogens (tertiary/aromatic N) is 2. The van der Waals surface area contributed by atoms with E-state index >= 15 is 0 Å². The minimum atomic E-state index is -0.290. The van der Waals surface area contributed by atoms with E-state index < -0.39 is 0 Å². The van der Waals surface area contributed by atoms with Gasteiger partial charge in [0.05, 0.1) is 17.2 Å². The number of hydrogen-bond acceptors (Lipinski definition) is 3. The number of nitrogens with one attached hydrogen (secondary N) is 1. The Morgan fingerprint density at radius 3 is 2.83 bits per heavy atom. The van der Waals surface area contributed by atoms with E-state index in [1.54, 1.807) is 18.2 Å². The number of aromatic nitrogens is 2. The Bertz CT molecular complexity index is 966. The summed E-state index contributed by atoms with van der Waals surface area (Å²) in [5.74, 6) is -0.277. The molecule has 2 aromatic carbocycles. The summed E-state index contributed by atoms with van der Waals surface area (Å²) >= 11 is 5.93. The van der Waals surface area contributed by atoms with Gasteiger partial charge >= 0.3 is 0 Å². The maximum absolute atomic E-state index is 12.5. The van der Waals surface area contributed by atoms with E-state index in [0.717, 1.165) is 17.7 Å². The van der Waals surface area contributed by atoms with Crippen LogP contribution in [0.2, 0.25) is 5.02 Å². The number of rotatable bonds is 4. The lowest BCUT2D eigenvalue weighted by Crippen LogP contribution is -2.28. The van der Waals surface area contributed by atoms with Crippen molar-refractivity contribution >= 4 is 34.1 Å². The molecule has 5 nitrogen and oxygen atoms in total. The third kappa shape index (κ3) is 3.31. The predicted molar refractivity (Wildman–Crippen MR) is 95.5 cm³/mol. The molecule has 0 aliphatic rings. The van der Waals surface area contributed by atoms with Crippen molar-refractivity contribution in [2.24, 2.45) is 0 Å². The minimum Gasteiger partial charge on any atom is -0.324 e. The molecule has 0 radical (unpaired) electrons. The van der Waals surface area contributed by atoms with Gasteiger partial charge in [0.1, 0.15) is 6.54 Å². The Hall–Kier alpha value is -2.66. The zero-order chi connectivity index (χ0) is 17.1. The van der Waals surface area contributed by atoms with Crippen LogP contribution in [0.15, 0.2) is 53.6 Å². The lowest BCUT2D eigenvalue weighted by molar-refractivity contribution is -0.116. The van der Waals surface area contributed by atoms with Crippen LogP contribution in [0.5, 0.6) is 0 Å². The summed E-state index contributed by atoms with van der Waals surface area (Å²) in [4.78, 5) is 29.0. The highest BCUT2D eigenvalue weighted by atomic mass is 35.5. The Labute approximate surface area is 143 Å². The van der Waals surface area contributed by atoms with Crippen LogP contribution in [0.3, 0.4) is 0 Å². The van der Waals surface area contributed by atoms with Gasteiger partial charge in [-0.15, -0.1) is 0 Å². The van der Waals surface area contributed by atoms with Crippen molar-refractivity contribution in [3.63, 3.8) is 0 Å². The van der Waals surface area contributed by atoms with Crippen molar-refractivity contribution in [3.05, 3.63) is 69.7 Å². The SMILES string of the molecule is CCc1ccccc1NC(=O)Cn1cnc2ccc(Cl)cc2c1=O. The van der Waals surface area contributed by atoms with Crippen LogP contribution in [-0.2, 0) is 17.8 Å². The molecule has 3 rings (SSSR count). The summed E-state index contributed by atoms with van der Waals surface area (Å²) in [7, 11) is 0. The van der Waals surface area contributed by atoms with E-state index in [4.69, 9.17) is 11.6 Å². The lowest BCUT2D eigenvalue weighted by Gasteiger charge is -2.11. The van der Waals surface area contributed by atoms with E-state index in [1.807, 2.05) is 31.2 Å². The molecule has 0 bridgehead atoms. The van der Waals surface area contributed by atoms with Crippen LogP contribution in [0, 0.1) is 0 Å². The molecule has 0 saturated heterocycles. The first-order chi connectivity index (χ1) is 11.6. The van der Waals surface area contributed by atoms with Crippen LogP contribution in [0.25, 0.3) is 10.9 Å². The average Bonchev–Trinajstić information content (AvgIpc) is 2.58. The van der Waals surface area contributed by atoms with Crippen LogP contribution in [0.4, 0.5) is 5.69 Å². The van der Waals surface area contributed by atoms with Crippen LogP contribution < -0.4 is 10.9 Å². The quantitative estimate of drug-likeness (QED) is 0.792. The fourth-order valence-electron chi connectivity index (χ4n) is 2.54. The maximum Gasteiger partial charge on any atom is 0.261 e. The molecule has 0 saturated carbocycles. The molecule has 1 N–H and O–H groups in total. The van der Waals surface area contributed by atoms with Gasteiger partial charge in [-0.05, 0) is 36.2 Å². The number of anilines is 1. The summed E-state index contributed by atoms with van der Waals surface area (Å²) in [5.41, 5.74) is 2.07. The number of fused-ring (bicyclic) bond motifs is 1. The zero-order valence-corrected chi connectivity index (χ0v) is 13.9. The summed E-state index contributed by atoms with van der Waals surface area (Å²) in [6.07, 6.45) is 2.19. The minimum absolute atomic E-state index is 0.105. The Balaban J connectivity index is 1.85. The Morgan fingerprint density at radius 1 is 1.25 bits per heavy atom. The molecular formula is C18H16ClN3O2. The summed E-state index contributed by atoms with van der Waals surface area (Å²) in [6.45, 7) is 1.92. The average molecular weight is 342 g/mol. The Morgan fingerprint density at radius 2 is 2.04 bits per heavy atom. The molecule has 0 unspecified atom stereocenters. The van der Waals surface area contributed by atoms with E-state index in [2.05, 4.69) is 10.3 Å².